The zero-order valence-corrected chi connectivity index (χ0v) is 17.2. The van der Waals surface area contributed by atoms with Gasteiger partial charge in [-0.3, -0.25) is 0 Å². The van der Waals surface area contributed by atoms with Crippen LogP contribution in [0.4, 0.5) is 5.95 Å². The van der Waals surface area contributed by atoms with Gasteiger partial charge in [0.25, 0.3) is 0 Å². The first-order chi connectivity index (χ1) is 12.4. The Balaban J connectivity index is 2.63. The maximum absolute atomic E-state index is 8.73. The first-order valence-electron chi connectivity index (χ1n) is 9.81. The molecule has 0 aliphatic rings. The van der Waals surface area contributed by atoms with Gasteiger partial charge < -0.3 is 20.1 Å². The summed E-state index contributed by atoms with van der Waals surface area (Å²) in [6.45, 7) is 15.6. The molecule has 1 heterocycles. The Kier molecular flexibility index (Phi) is 10.6. The normalized spacial score (nSPS) is 12.0. The van der Waals surface area contributed by atoms with Crippen LogP contribution >= 0.6 is 0 Å². The fourth-order valence-electron chi connectivity index (χ4n) is 2.51. The fourth-order valence-corrected chi connectivity index (χ4v) is 2.51. The van der Waals surface area contributed by atoms with Gasteiger partial charge in [-0.15, -0.1) is 0 Å². The van der Waals surface area contributed by atoms with Crippen LogP contribution in [0.5, 0.6) is 0 Å². The number of rotatable bonds is 13. The molecule has 0 fully saturated rings. The zero-order chi connectivity index (χ0) is 19.4. The highest BCUT2D eigenvalue weighted by molar-refractivity contribution is 5.26. The zero-order valence-electron chi connectivity index (χ0n) is 17.2. The Morgan fingerprint density at radius 1 is 1.04 bits per heavy atom. The van der Waals surface area contributed by atoms with E-state index in [2.05, 4.69) is 59.8 Å². The van der Waals surface area contributed by atoms with Gasteiger partial charge in [0.1, 0.15) is 11.6 Å². The molecule has 1 rings (SSSR count). The molecule has 7 nitrogen and oxygen atoms in total. The van der Waals surface area contributed by atoms with Crippen molar-refractivity contribution in [3.05, 3.63) is 11.6 Å². The molecule has 0 saturated heterocycles. The second kappa shape index (κ2) is 12.1. The Hall–Kier alpha value is -1.31. The van der Waals surface area contributed by atoms with Crippen LogP contribution in [0.3, 0.4) is 0 Å². The van der Waals surface area contributed by atoms with Gasteiger partial charge in [0.15, 0.2) is 0 Å². The van der Waals surface area contributed by atoms with Crippen LogP contribution in [0, 0.1) is 0 Å². The molecule has 0 spiro atoms. The van der Waals surface area contributed by atoms with Gasteiger partial charge in [0, 0.05) is 18.4 Å². The molecule has 0 radical (unpaired) electrons. The minimum absolute atomic E-state index is 0.0393. The first kappa shape index (κ1) is 22.7. The summed E-state index contributed by atoms with van der Waals surface area (Å²) in [7, 11) is 0. The van der Waals surface area contributed by atoms with Crippen LogP contribution in [0.1, 0.15) is 59.1 Å². The molecule has 26 heavy (non-hydrogen) atoms. The van der Waals surface area contributed by atoms with Gasteiger partial charge in [0.2, 0.25) is 5.95 Å². The molecule has 1 aromatic heterocycles. The topological polar surface area (TPSA) is 83.4 Å². The summed E-state index contributed by atoms with van der Waals surface area (Å²) in [5.41, 5.74) is -0.122. The molecular weight excluding hydrogens is 330 g/mol. The Labute approximate surface area is 158 Å². The maximum atomic E-state index is 8.73. The summed E-state index contributed by atoms with van der Waals surface area (Å²) >= 11 is 0. The predicted molar refractivity (Wildman–Crippen MR) is 106 cm³/mol. The average molecular weight is 368 g/mol. The van der Waals surface area contributed by atoms with Gasteiger partial charge in [0.05, 0.1) is 19.8 Å². The van der Waals surface area contributed by atoms with Crippen LogP contribution in [-0.2, 0) is 16.6 Å². The minimum Gasteiger partial charge on any atom is -0.394 e. The summed E-state index contributed by atoms with van der Waals surface area (Å²) in [6.07, 6.45) is 3.09. The summed E-state index contributed by atoms with van der Waals surface area (Å²) < 4.78 is 5.27. The second-order valence-corrected chi connectivity index (χ2v) is 7.40. The third-order valence-corrected chi connectivity index (χ3v) is 4.14. The van der Waals surface area contributed by atoms with E-state index < -0.39 is 0 Å². The van der Waals surface area contributed by atoms with Crippen molar-refractivity contribution >= 4 is 5.95 Å². The molecule has 0 saturated carbocycles. The molecule has 2 N–H and O–H groups in total. The lowest BCUT2D eigenvalue weighted by Gasteiger charge is -2.19. The van der Waals surface area contributed by atoms with E-state index in [1.54, 1.807) is 0 Å². The first-order valence-corrected chi connectivity index (χ1v) is 9.81. The van der Waals surface area contributed by atoms with Gasteiger partial charge in [-0.1, -0.05) is 34.6 Å². The molecule has 0 unspecified atom stereocenters. The number of anilines is 1. The summed E-state index contributed by atoms with van der Waals surface area (Å²) in [4.78, 5) is 16.2. The number of hydrogen-bond acceptors (Lipinski definition) is 7. The SMILES string of the molecule is CCN(CC)CCCCc1nc(NCCOCCO)nc(C(C)(C)C)n1. The summed E-state index contributed by atoms with van der Waals surface area (Å²) in [6, 6.07) is 0. The highest BCUT2D eigenvalue weighted by atomic mass is 16.5. The highest BCUT2D eigenvalue weighted by Gasteiger charge is 2.19. The molecule has 0 atom stereocenters. The molecule has 0 amide bonds. The predicted octanol–water partition coefficient (Wildman–Crippen LogP) is 2.25. The number of aliphatic hydroxyl groups is 1. The third-order valence-electron chi connectivity index (χ3n) is 4.14. The maximum Gasteiger partial charge on any atom is 0.226 e. The molecule has 0 bridgehead atoms. The Morgan fingerprint density at radius 3 is 2.38 bits per heavy atom. The molecule has 1 aromatic rings. The molecule has 7 heteroatoms. The average Bonchev–Trinajstić information content (AvgIpc) is 2.61. The summed E-state index contributed by atoms with van der Waals surface area (Å²) in [5.74, 6) is 2.27. The Bertz CT molecular complexity index is 501. The van der Waals surface area contributed by atoms with Crippen molar-refractivity contribution in [2.45, 2.75) is 59.3 Å². The van der Waals surface area contributed by atoms with E-state index in [4.69, 9.17) is 9.84 Å². The third kappa shape index (κ3) is 8.87. The van der Waals surface area contributed by atoms with E-state index in [1.807, 2.05) is 0 Å². The van der Waals surface area contributed by atoms with Crippen molar-refractivity contribution < 1.29 is 9.84 Å². The van der Waals surface area contributed by atoms with Gasteiger partial charge in [-0.05, 0) is 32.5 Å². The highest BCUT2D eigenvalue weighted by Crippen LogP contribution is 2.19. The van der Waals surface area contributed by atoms with Crippen molar-refractivity contribution in [1.82, 2.24) is 19.9 Å². The molecule has 0 aromatic carbocycles. The van der Waals surface area contributed by atoms with Crippen molar-refractivity contribution in [3.63, 3.8) is 0 Å². The molecule has 150 valence electrons. The van der Waals surface area contributed by atoms with Crippen LogP contribution < -0.4 is 5.32 Å². The van der Waals surface area contributed by atoms with E-state index in [1.165, 1.54) is 0 Å². The van der Waals surface area contributed by atoms with Crippen LogP contribution in [-0.4, -0.2) is 71.0 Å². The van der Waals surface area contributed by atoms with Crippen LogP contribution in [0.15, 0.2) is 0 Å². The number of aryl methyl sites for hydroxylation is 1. The lowest BCUT2D eigenvalue weighted by atomic mass is 9.96. The van der Waals surface area contributed by atoms with Crippen LogP contribution in [0.25, 0.3) is 0 Å². The number of hydrogen-bond donors (Lipinski definition) is 2. The van der Waals surface area contributed by atoms with E-state index in [0.29, 0.717) is 25.7 Å². The van der Waals surface area contributed by atoms with Gasteiger partial charge >= 0.3 is 0 Å². The standard InChI is InChI=1S/C19H37N5O2/c1-6-24(7-2)12-9-8-10-16-21-17(19(3,4)5)23-18(22-16)20-11-14-26-15-13-25/h25H,6-15H2,1-5H3,(H,20,21,22,23). The monoisotopic (exact) mass is 367 g/mol. The van der Waals surface area contributed by atoms with E-state index in [0.717, 1.165) is 50.5 Å². The molecule has 0 aliphatic carbocycles. The molecule has 0 aliphatic heterocycles. The lowest BCUT2D eigenvalue weighted by Crippen LogP contribution is -2.24. The van der Waals surface area contributed by atoms with Gasteiger partial charge in [-0.2, -0.15) is 9.97 Å². The van der Waals surface area contributed by atoms with Crippen LogP contribution in [0.2, 0.25) is 0 Å². The molecular formula is C19H37N5O2. The van der Waals surface area contributed by atoms with Gasteiger partial charge in [-0.25, -0.2) is 4.98 Å². The largest absolute Gasteiger partial charge is 0.394 e. The number of aliphatic hydroxyl groups excluding tert-OH is 1. The Morgan fingerprint density at radius 2 is 1.77 bits per heavy atom. The number of ether oxygens (including phenoxy) is 1. The minimum atomic E-state index is -0.122. The van der Waals surface area contributed by atoms with E-state index in [-0.39, 0.29) is 12.0 Å². The van der Waals surface area contributed by atoms with Crippen molar-refractivity contribution in [1.29, 1.82) is 0 Å². The van der Waals surface area contributed by atoms with Crippen molar-refractivity contribution in [2.24, 2.45) is 0 Å². The second-order valence-electron chi connectivity index (χ2n) is 7.40. The van der Waals surface area contributed by atoms with Crippen molar-refractivity contribution in [3.8, 4) is 0 Å². The van der Waals surface area contributed by atoms with E-state index >= 15 is 0 Å². The summed E-state index contributed by atoms with van der Waals surface area (Å²) in [5, 5.41) is 11.9. The van der Waals surface area contributed by atoms with Crippen molar-refractivity contribution in [2.75, 3.05) is 51.3 Å². The number of unbranched alkanes of at least 4 members (excludes halogenated alkanes) is 1. The number of aromatic nitrogens is 3. The fraction of sp³-hybridized carbons (Fsp3) is 0.842. The lowest BCUT2D eigenvalue weighted by molar-refractivity contribution is 0.0991. The number of nitrogens with zero attached hydrogens (tertiary/aromatic N) is 4. The smallest absolute Gasteiger partial charge is 0.226 e. The number of nitrogens with one attached hydrogen (secondary N) is 1. The van der Waals surface area contributed by atoms with E-state index in [9.17, 15) is 0 Å². The quantitative estimate of drug-likeness (QED) is 0.517.